The molecule has 0 spiro atoms. The number of halogens is 1. The molecule has 0 heterocycles. The van der Waals surface area contributed by atoms with Gasteiger partial charge in [0, 0.05) is 18.3 Å². The van der Waals surface area contributed by atoms with Gasteiger partial charge >= 0.3 is 0 Å². The van der Waals surface area contributed by atoms with Gasteiger partial charge in [-0.15, -0.1) is 0 Å². The number of allylic oxidation sites excluding steroid dienone is 8. The molecular formula is C17H25ClN2. The highest BCUT2D eigenvalue weighted by Gasteiger charge is 2.09. The maximum absolute atomic E-state index is 6.48. The van der Waals surface area contributed by atoms with E-state index in [4.69, 9.17) is 11.6 Å². The highest BCUT2D eigenvalue weighted by atomic mass is 35.5. The smallest absolute Gasteiger partial charge is 0.0669 e. The standard InChI is InChI=1S/C17H25ClN2/c1-7-9-10-11-16(20-6)15(8-2)17(18)13(3)12-14(4)19-5/h7-9,11-12,19H,6,10H2,1-5H3/b9-7-,14-12+,15-8-,16-11-,17-13-. The van der Waals surface area contributed by atoms with Gasteiger partial charge in [0.1, 0.15) is 0 Å². The molecule has 2 nitrogen and oxygen atoms in total. The molecule has 0 unspecified atom stereocenters. The summed E-state index contributed by atoms with van der Waals surface area (Å²) < 4.78 is 0. The minimum absolute atomic E-state index is 0.696. The molecule has 0 aromatic rings. The van der Waals surface area contributed by atoms with Crippen LogP contribution in [-0.4, -0.2) is 13.8 Å². The van der Waals surface area contributed by atoms with Crippen molar-refractivity contribution >= 4 is 18.3 Å². The summed E-state index contributed by atoms with van der Waals surface area (Å²) in [5.41, 5.74) is 3.77. The first kappa shape index (κ1) is 18.5. The molecule has 20 heavy (non-hydrogen) atoms. The van der Waals surface area contributed by atoms with Crippen molar-refractivity contribution in [3.8, 4) is 0 Å². The Morgan fingerprint density at radius 3 is 2.40 bits per heavy atom. The molecule has 110 valence electrons. The number of nitrogens with one attached hydrogen (secondary N) is 1. The normalized spacial score (nSPS) is 15.4. The minimum Gasteiger partial charge on any atom is -0.392 e. The third-order valence-corrected chi connectivity index (χ3v) is 3.33. The summed E-state index contributed by atoms with van der Waals surface area (Å²) >= 11 is 6.48. The van der Waals surface area contributed by atoms with Gasteiger partial charge in [0.05, 0.1) is 10.7 Å². The maximum atomic E-state index is 6.48. The molecule has 0 aliphatic heterocycles. The van der Waals surface area contributed by atoms with E-state index in [1.807, 2.05) is 59.0 Å². The topological polar surface area (TPSA) is 24.4 Å². The number of aliphatic imine (C=N–C) groups is 1. The van der Waals surface area contributed by atoms with Gasteiger partial charge in [0.2, 0.25) is 0 Å². The molecule has 0 saturated carbocycles. The van der Waals surface area contributed by atoms with Crippen LogP contribution in [0.4, 0.5) is 0 Å². The lowest BCUT2D eigenvalue weighted by Gasteiger charge is -2.09. The SMILES string of the molecule is C=NC(=C\C/C=C\C)/C(=C/C)C(/Cl)=C(C)/C=C(\C)NC. The summed E-state index contributed by atoms with van der Waals surface area (Å²) in [5.74, 6) is 0. The van der Waals surface area contributed by atoms with Crippen LogP contribution in [0.25, 0.3) is 0 Å². The van der Waals surface area contributed by atoms with Crippen molar-refractivity contribution < 1.29 is 0 Å². The second-order valence-corrected chi connectivity index (χ2v) is 4.71. The molecular weight excluding hydrogens is 268 g/mol. The molecule has 0 aromatic carbocycles. The summed E-state index contributed by atoms with van der Waals surface area (Å²) in [6.07, 6.45) is 10.9. The molecule has 0 aromatic heterocycles. The van der Waals surface area contributed by atoms with Gasteiger partial charge in [-0.3, -0.25) is 4.99 Å². The molecule has 0 atom stereocenters. The summed E-state index contributed by atoms with van der Waals surface area (Å²) in [7, 11) is 1.89. The zero-order valence-corrected chi connectivity index (χ0v) is 13.9. The van der Waals surface area contributed by atoms with Crippen LogP contribution < -0.4 is 5.32 Å². The van der Waals surface area contributed by atoms with Crippen LogP contribution in [0.5, 0.6) is 0 Å². The third kappa shape index (κ3) is 6.07. The average Bonchev–Trinajstić information content (AvgIpc) is 2.45. The first-order chi connectivity index (χ1) is 9.51. The quantitative estimate of drug-likeness (QED) is 0.393. The Morgan fingerprint density at radius 1 is 1.30 bits per heavy atom. The fourth-order valence-corrected chi connectivity index (χ4v) is 1.90. The number of hydrogen-bond donors (Lipinski definition) is 1. The van der Waals surface area contributed by atoms with E-state index in [9.17, 15) is 0 Å². The Hall–Kier alpha value is -1.54. The van der Waals surface area contributed by atoms with Crippen LogP contribution in [0, 0.1) is 0 Å². The van der Waals surface area contributed by atoms with Crippen LogP contribution in [0.15, 0.2) is 62.9 Å². The fraction of sp³-hybridized carbons (Fsp3) is 0.353. The third-order valence-electron chi connectivity index (χ3n) is 2.83. The lowest BCUT2D eigenvalue weighted by molar-refractivity contribution is 0.985. The highest BCUT2D eigenvalue weighted by molar-refractivity contribution is 6.33. The van der Waals surface area contributed by atoms with Gasteiger partial charge in [-0.1, -0.05) is 35.9 Å². The lowest BCUT2D eigenvalue weighted by atomic mass is 10.1. The first-order valence-corrected chi connectivity index (χ1v) is 7.07. The first-order valence-electron chi connectivity index (χ1n) is 6.69. The van der Waals surface area contributed by atoms with Gasteiger partial charge in [-0.05, 0) is 52.5 Å². The molecule has 0 radical (unpaired) electrons. The summed E-state index contributed by atoms with van der Waals surface area (Å²) in [6.45, 7) is 11.6. The summed E-state index contributed by atoms with van der Waals surface area (Å²) in [6, 6.07) is 0. The second kappa shape index (κ2) is 10.3. The van der Waals surface area contributed by atoms with Crippen molar-refractivity contribution in [2.45, 2.75) is 34.1 Å². The van der Waals surface area contributed by atoms with Crippen molar-refractivity contribution in [2.75, 3.05) is 7.05 Å². The van der Waals surface area contributed by atoms with E-state index in [1.54, 1.807) is 0 Å². The van der Waals surface area contributed by atoms with E-state index in [0.717, 1.165) is 29.0 Å². The number of rotatable bonds is 7. The van der Waals surface area contributed by atoms with Gasteiger partial charge in [-0.2, -0.15) is 0 Å². The predicted molar refractivity (Wildman–Crippen MR) is 92.2 cm³/mol. The summed E-state index contributed by atoms with van der Waals surface area (Å²) in [5, 5.41) is 3.78. The van der Waals surface area contributed by atoms with Gasteiger partial charge < -0.3 is 5.32 Å². The van der Waals surface area contributed by atoms with Crippen molar-refractivity contribution in [3.63, 3.8) is 0 Å². The van der Waals surface area contributed by atoms with E-state index >= 15 is 0 Å². The molecule has 0 aliphatic carbocycles. The second-order valence-electron chi connectivity index (χ2n) is 4.33. The molecule has 3 heteroatoms. The van der Waals surface area contributed by atoms with Crippen molar-refractivity contribution in [2.24, 2.45) is 4.99 Å². The van der Waals surface area contributed by atoms with Crippen molar-refractivity contribution in [1.29, 1.82) is 0 Å². The lowest BCUT2D eigenvalue weighted by Crippen LogP contribution is -2.01. The molecule has 0 amide bonds. The number of hydrogen-bond acceptors (Lipinski definition) is 2. The van der Waals surface area contributed by atoms with Crippen LogP contribution in [0.3, 0.4) is 0 Å². The Morgan fingerprint density at radius 2 is 1.95 bits per heavy atom. The summed E-state index contributed by atoms with van der Waals surface area (Å²) in [4.78, 5) is 4.09. The fourth-order valence-electron chi connectivity index (χ4n) is 1.64. The van der Waals surface area contributed by atoms with Gasteiger partial charge in [0.25, 0.3) is 0 Å². The maximum Gasteiger partial charge on any atom is 0.0669 e. The molecule has 0 fully saturated rings. The van der Waals surface area contributed by atoms with E-state index in [0.29, 0.717) is 5.03 Å². The molecule has 0 rings (SSSR count). The largest absolute Gasteiger partial charge is 0.392 e. The molecule has 1 N–H and O–H groups in total. The van der Waals surface area contributed by atoms with E-state index < -0.39 is 0 Å². The Labute approximate surface area is 128 Å². The average molecular weight is 293 g/mol. The van der Waals surface area contributed by atoms with Crippen molar-refractivity contribution in [1.82, 2.24) is 5.32 Å². The van der Waals surface area contributed by atoms with Crippen LogP contribution in [-0.2, 0) is 0 Å². The van der Waals surface area contributed by atoms with E-state index in [-0.39, 0.29) is 0 Å². The van der Waals surface area contributed by atoms with Crippen LogP contribution in [0.1, 0.15) is 34.1 Å². The van der Waals surface area contributed by atoms with Crippen molar-refractivity contribution in [3.05, 3.63) is 58.0 Å². The zero-order chi connectivity index (χ0) is 15.5. The van der Waals surface area contributed by atoms with Crippen LogP contribution >= 0.6 is 11.6 Å². The predicted octanol–water partition coefficient (Wildman–Crippen LogP) is 5.12. The Balaban J connectivity index is 5.51. The van der Waals surface area contributed by atoms with E-state index in [2.05, 4.69) is 23.1 Å². The molecule has 0 saturated heterocycles. The Kier molecular flexibility index (Phi) is 9.48. The molecule has 0 bridgehead atoms. The molecule has 0 aliphatic rings. The van der Waals surface area contributed by atoms with Gasteiger partial charge in [-0.25, -0.2) is 0 Å². The van der Waals surface area contributed by atoms with E-state index in [1.165, 1.54) is 0 Å². The number of nitrogens with zero attached hydrogens (tertiary/aromatic N) is 1. The Bertz CT molecular complexity index is 477. The zero-order valence-electron chi connectivity index (χ0n) is 13.1. The van der Waals surface area contributed by atoms with Crippen LogP contribution in [0.2, 0.25) is 0 Å². The highest BCUT2D eigenvalue weighted by Crippen LogP contribution is 2.27. The van der Waals surface area contributed by atoms with Gasteiger partial charge in [0.15, 0.2) is 0 Å². The monoisotopic (exact) mass is 292 g/mol. The minimum atomic E-state index is 0.696.